The molecular formula is C15H28N2O. The SMILES string of the molecule is CNC(CC1CCC(N2CCCC2)CC1)C(C)=O. The van der Waals surface area contributed by atoms with E-state index in [1.165, 1.54) is 51.6 Å². The molecule has 3 nitrogen and oxygen atoms in total. The quantitative estimate of drug-likeness (QED) is 0.814. The average Bonchev–Trinajstić information content (AvgIpc) is 2.90. The van der Waals surface area contributed by atoms with Crippen molar-refractivity contribution in [1.29, 1.82) is 0 Å². The van der Waals surface area contributed by atoms with Gasteiger partial charge in [0.15, 0.2) is 0 Å². The Morgan fingerprint density at radius 1 is 1.22 bits per heavy atom. The summed E-state index contributed by atoms with van der Waals surface area (Å²) >= 11 is 0. The van der Waals surface area contributed by atoms with Gasteiger partial charge in [0.1, 0.15) is 5.78 Å². The van der Waals surface area contributed by atoms with Gasteiger partial charge in [-0.2, -0.15) is 0 Å². The van der Waals surface area contributed by atoms with Crippen molar-refractivity contribution in [2.24, 2.45) is 5.92 Å². The van der Waals surface area contributed by atoms with E-state index in [-0.39, 0.29) is 6.04 Å². The number of hydrogen-bond acceptors (Lipinski definition) is 3. The highest BCUT2D eigenvalue weighted by atomic mass is 16.1. The standard InChI is InChI=1S/C15H28N2O/c1-12(18)15(16-2)11-13-5-7-14(8-6-13)17-9-3-4-10-17/h13-16H,3-11H2,1-2H3. The molecule has 2 fully saturated rings. The van der Waals surface area contributed by atoms with E-state index in [2.05, 4.69) is 10.2 Å². The van der Waals surface area contributed by atoms with Crippen LogP contribution in [-0.4, -0.2) is 42.9 Å². The zero-order chi connectivity index (χ0) is 13.0. The summed E-state index contributed by atoms with van der Waals surface area (Å²) in [4.78, 5) is 14.1. The van der Waals surface area contributed by atoms with E-state index < -0.39 is 0 Å². The predicted octanol–water partition coefficient (Wildman–Crippen LogP) is 2.21. The average molecular weight is 252 g/mol. The topological polar surface area (TPSA) is 32.3 Å². The highest BCUT2D eigenvalue weighted by Crippen LogP contribution is 2.31. The summed E-state index contributed by atoms with van der Waals surface area (Å²) in [6.07, 6.45) is 9.15. The van der Waals surface area contributed by atoms with E-state index in [0.717, 1.165) is 18.4 Å². The Kier molecular flexibility index (Phi) is 5.19. The first kappa shape index (κ1) is 14.0. The van der Waals surface area contributed by atoms with Gasteiger partial charge in [0, 0.05) is 6.04 Å². The van der Waals surface area contributed by atoms with Crippen molar-refractivity contribution in [3.8, 4) is 0 Å². The molecule has 0 spiro atoms. The molecule has 0 aromatic heterocycles. The molecule has 3 heteroatoms. The summed E-state index contributed by atoms with van der Waals surface area (Å²) < 4.78 is 0. The number of carbonyl (C=O) groups excluding carboxylic acids is 1. The summed E-state index contributed by atoms with van der Waals surface area (Å²) in [7, 11) is 1.90. The van der Waals surface area contributed by atoms with E-state index in [9.17, 15) is 4.79 Å². The molecule has 0 aromatic carbocycles. The Hall–Kier alpha value is -0.410. The number of likely N-dealkylation sites (tertiary alicyclic amines) is 1. The van der Waals surface area contributed by atoms with Gasteiger partial charge in [-0.1, -0.05) is 0 Å². The van der Waals surface area contributed by atoms with Gasteiger partial charge in [0.2, 0.25) is 0 Å². The van der Waals surface area contributed by atoms with Crippen LogP contribution >= 0.6 is 0 Å². The first-order chi connectivity index (χ1) is 8.70. The van der Waals surface area contributed by atoms with Gasteiger partial charge in [0.25, 0.3) is 0 Å². The monoisotopic (exact) mass is 252 g/mol. The van der Waals surface area contributed by atoms with Crippen LogP contribution in [0.3, 0.4) is 0 Å². The molecule has 2 aliphatic rings. The van der Waals surface area contributed by atoms with Crippen molar-refractivity contribution in [2.45, 2.75) is 64.0 Å². The Labute approximate surface area is 111 Å². The molecule has 2 rings (SSSR count). The number of likely N-dealkylation sites (N-methyl/N-ethyl adjacent to an activating group) is 1. The third kappa shape index (κ3) is 3.55. The normalized spacial score (nSPS) is 31.4. The third-order valence-corrected chi connectivity index (χ3v) is 4.88. The van der Waals surface area contributed by atoms with Crippen LogP contribution in [0.15, 0.2) is 0 Å². The van der Waals surface area contributed by atoms with Gasteiger partial charge in [0.05, 0.1) is 6.04 Å². The van der Waals surface area contributed by atoms with E-state index in [1.54, 1.807) is 6.92 Å². The summed E-state index contributed by atoms with van der Waals surface area (Å²) in [5, 5.41) is 3.16. The number of ketones is 1. The van der Waals surface area contributed by atoms with Gasteiger partial charge in [-0.15, -0.1) is 0 Å². The molecule has 1 saturated carbocycles. The number of Topliss-reactive ketones (excluding diaryl/α,β-unsaturated/α-hetero) is 1. The lowest BCUT2D eigenvalue weighted by Crippen LogP contribution is -2.39. The minimum absolute atomic E-state index is 0.0818. The Morgan fingerprint density at radius 2 is 1.83 bits per heavy atom. The molecule has 1 heterocycles. The van der Waals surface area contributed by atoms with Gasteiger partial charge in [-0.25, -0.2) is 0 Å². The van der Waals surface area contributed by atoms with Crippen LogP contribution < -0.4 is 5.32 Å². The maximum Gasteiger partial charge on any atom is 0.146 e. The first-order valence-electron chi connectivity index (χ1n) is 7.62. The second kappa shape index (κ2) is 6.67. The number of nitrogens with one attached hydrogen (secondary N) is 1. The molecule has 0 aromatic rings. The first-order valence-corrected chi connectivity index (χ1v) is 7.62. The van der Waals surface area contributed by atoms with Crippen molar-refractivity contribution < 1.29 is 4.79 Å². The Bertz CT molecular complexity index is 266. The van der Waals surface area contributed by atoms with Crippen LogP contribution in [0.2, 0.25) is 0 Å². The third-order valence-electron chi connectivity index (χ3n) is 4.88. The fraction of sp³-hybridized carbons (Fsp3) is 0.933. The van der Waals surface area contributed by atoms with Crippen LogP contribution in [0.4, 0.5) is 0 Å². The Morgan fingerprint density at radius 3 is 2.33 bits per heavy atom. The molecular weight excluding hydrogens is 224 g/mol. The molecule has 0 amide bonds. The molecule has 1 unspecified atom stereocenters. The smallest absolute Gasteiger partial charge is 0.146 e. The Balaban J connectivity index is 1.74. The van der Waals surface area contributed by atoms with Crippen LogP contribution in [0, 0.1) is 5.92 Å². The summed E-state index contributed by atoms with van der Waals surface area (Å²) in [6, 6.07) is 0.924. The van der Waals surface area contributed by atoms with E-state index in [1.807, 2.05) is 7.05 Å². The minimum atomic E-state index is 0.0818. The molecule has 1 saturated heterocycles. The second-order valence-electron chi connectivity index (χ2n) is 6.11. The van der Waals surface area contributed by atoms with Crippen molar-refractivity contribution in [3.63, 3.8) is 0 Å². The lowest BCUT2D eigenvalue weighted by Gasteiger charge is -2.35. The molecule has 104 valence electrons. The van der Waals surface area contributed by atoms with Gasteiger partial charge < -0.3 is 10.2 Å². The maximum atomic E-state index is 11.5. The zero-order valence-corrected chi connectivity index (χ0v) is 12.0. The fourth-order valence-corrected chi connectivity index (χ4v) is 3.67. The van der Waals surface area contributed by atoms with E-state index >= 15 is 0 Å². The van der Waals surface area contributed by atoms with E-state index in [4.69, 9.17) is 0 Å². The maximum absolute atomic E-state index is 11.5. The van der Waals surface area contributed by atoms with Crippen LogP contribution in [0.1, 0.15) is 51.9 Å². The zero-order valence-electron chi connectivity index (χ0n) is 12.0. The second-order valence-corrected chi connectivity index (χ2v) is 6.11. The lowest BCUT2D eigenvalue weighted by atomic mass is 9.81. The van der Waals surface area contributed by atoms with Crippen molar-refractivity contribution in [2.75, 3.05) is 20.1 Å². The van der Waals surface area contributed by atoms with Crippen LogP contribution in [0.5, 0.6) is 0 Å². The predicted molar refractivity (Wildman–Crippen MR) is 74.7 cm³/mol. The molecule has 1 N–H and O–H groups in total. The largest absolute Gasteiger partial charge is 0.311 e. The van der Waals surface area contributed by atoms with Crippen molar-refractivity contribution >= 4 is 5.78 Å². The molecule has 18 heavy (non-hydrogen) atoms. The summed E-state index contributed by atoms with van der Waals surface area (Å²) in [6.45, 7) is 4.35. The number of nitrogens with zero attached hydrogens (tertiary/aromatic N) is 1. The highest BCUT2D eigenvalue weighted by molar-refractivity contribution is 5.81. The molecule has 0 radical (unpaired) electrons. The minimum Gasteiger partial charge on any atom is -0.311 e. The molecule has 1 aliphatic heterocycles. The molecule has 1 atom stereocenters. The summed E-state index contributed by atoms with van der Waals surface area (Å²) in [5.74, 6) is 1.05. The van der Waals surface area contributed by atoms with Gasteiger partial charge in [-0.3, -0.25) is 4.79 Å². The van der Waals surface area contributed by atoms with Gasteiger partial charge >= 0.3 is 0 Å². The highest BCUT2D eigenvalue weighted by Gasteiger charge is 2.28. The van der Waals surface area contributed by atoms with E-state index in [0.29, 0.717) is 5.78 Å². The summed E-state index contributed by atoms with van der Waals surface area (Å²) in [5.41, 5.74) is 0. The van der Waals surface area contributed by atoms with Crippen molar-refractivity contribution in [3.05, 3.63) is 0 Å². The molecule has 1 aliphatic carbocycles. The number of rotatable bonds is 5. The van der Waals surface area contributed by atoms with Crippen molar-refractivity contribution in [1.82, 2.24) is 10.2 Å². The van der Waals surface area contributed by atoms with Crippen LogP contribution in [-0.2, 0) is 4.79 Å². The van der Waals surface area contributed by atoms with Gasteiger partial charge in [-0.05, 0) is 77.9 Å². The fourth-order valence-electron chi connectivity index (χ4n) is 3.67. The number of hydrogen-bond donors (Lipinski definition) is 1. The number of carbonyl (C=O) groups is 1. The molecule has 0 bridgehead atoms. The van der Waals surface area contributed by atoms with Crippen LogP contribution in [0.25, 0.3) is 0 Å². The lowest BCUT2D eigenvalue weighted by molar-refractivity contribution is -0.119.